The van der Waals surface area contributed by atoms with Crippen LogP contribution >= 0.6 is 0 Å². The van der Waals surface area contributed by atoms with Crippen LogP contribution in [-0.4, -0.2) is 16.8 Å². The predicted molar refractivity (Wildman–Crippen MR) is 98.6 cm³/mol. The van der Waals surface area contributed by atoms with Gasteiger partial charge in [-0.1, -0.05) is 54.6 Å². The van der Waals surface area contributed by atoms with E-state index in [0.29, 0.717) is 0 Å². The highest BCUT2D eigenvalue weighted by Crippen LogP contribution is 2.22. The smallest absolute Gasteiger partial charge is 0.0926 e. The number of rotatable bonds is 6. The van der Waals surface area contributed by atoms with Gasteiger partial charge in [-0.15, -0.1) is 0 Å². The third kappa shape index (κ3) is 3.72. The first kappa shape index (κ1) is 16.4. The van der Waals surface area contributed by atoms with E-state index in [9.17, 15) is 0 Å². The van der Waals surface area contributed by atoms with Gasteiger partial charge in [0.2, 0.25) is 0 Å². The number of nitrogens with zero attached hydrogens (tertiary/aromatic N) is 2. The van der Waals surface area contributed by atoms with E-state index in [4.69, 9.17) is 5.10 Å². The third-order valence-electron chi connectivity index (χ3n) is 4.22. The molecule has 1 aromatic heterocycles. The summed E-state index contributed by atoms with van der Waals surface area (Å²) in [5.74, 6) is 0. The molecule has 0 saturated carbocycles. The summed E-state index contributed by atoms with van der Waals surface area (Å²) in [5.41, 5.74) is 12.0. The minimum atomic E-state index is 0.265. The maximum atomic E-state index is 4.77. The highest BCUT2D eigenvalue weighted by Gasteiger charge is 2.09. The van der Waals surface area contributed by atoms with Gasteiger partial charge in [0.1, 0.15) is 0 Å². The van der Waals surface area contributed by atoms with E-state index in [0.717, 1.165) is 17.8 Å². The average Bonchev–Trinajstić information content (AvgIpc) is 2.97. The summed E-state index contributed by atoms with van der Waals surface area (Å²) in [6.45, 7) is 5.03. The monoisotopic (exact) mass is 320 g/mol. The minimum absolute atomic E-state index is 0.265. The van der Waals surface area contributed by atoms with Gasteiger partial charge in [0, 0.05) is 17.3 Å². The second-order valence-corrected chi connectivity index (χ2v) is 6.05. The van der Waals surface area contributed by atoms with Gasteiger partial charge < -0.3 is 0 Å². The summed E-state index contributed by atoms with van der Waals surface area (Å²) in [6, 6.07) is 21.4. The van der Waals surface area contributed by atoms with Crippen LogP contribution in [0.1, 0.15) is 29.8 Å². The van der Waals surface area contributed by atoms with Gasteiger partial charge in [-0.3, -0.25) is 15.5 Å². The lowest BCUT2D eigenvalue weighted by molar-refractivity contribution is 0.505. The van der Waals surface area contributed by atoms with E-state index in [2.05, 4.69) is 84.0 Å². The maximum Gasteiger partial charge on any atom is 0.0926 e. The first-order valence-corrected chi connectivity index (χ1v) is 8.28. The molecule has 0 fully saturated rings. The zero-order valence-electron chi connectivity index (χ0n) is 14.5. The van der Waals surface area contributed by atoms with Gasteiger partial charge in [-0.05, 0) is 38.1 Å². The van der Waals surface area contributed by atoms with Crippen molar-refractivity contribution in [1.29, 1.82) is 0 Å². The Hall–Kier alpha value is -2.43. The van der Waals surface area contributed by atoms with Crippen molar-refractivity contribution in [3.8, 4) is 11.3 Å². The maximum absolute atomic E-state index is 4.77. The van der Waals surface area contributed by atoms with Crippen molar-refractivity contribution in [3.63, 3.8) is 0 Å². The van der Waals surface area contributed by atoms with Crippen LogP contribution in [-0.2, 0) is 6.54 Å². The van der Waals surface area contributed by atoms with E-state index < -0.39 is 0 Å². The highest BCUT2D eigenvalue weighted by atomic mass is 15.3. The molecular formula is C20H24N4. The van der Waals surface area contributed by atoms with Crippen LogP contribution in [0.25, 0.3) is 11.3 Å². The second-order valence-electron chi connectivity index (χ2n) is 6.05. The number of hydrogen-bond acceptors (Lipinski definition) is 3. The molecule has 3 aromatic rings. The van der Waals surface area contributed by atoms with Crippen LogP contribution < -0.4 is 10.9 Å². The van der Waals surface area contributed by atoms with Crippen LogP contribution in [0.3, 0.4) is 0 Å². The van der Waals surface area contributed by atoms with Crippen molar-refractivity contribution in [1.82, 2.24) is 20.6 Å². The van der Waals surface area contributed by atoms with Gasteiger partial charge in [0.05, 0.1) is 12.2 Å². The molecule has 0 spiro atoms. The van der Waals surface area contributed by atoms with Gasteiger partial charge >= 0.3 is 0 Å². The number of hydrazine groups is 1. The molecule has 0 bridgehead atoms. The molecule has 4 heteroatoms. The first-order chi connectivity index (χ1) is 11.7. The standard InChI is InChI=1S/C20H24N4/c1-15-13-20(23-24(15)14-17-7-5-4-6-8-17)19-11-9-18(10-12-19)16(2)22-21-3/h4-13,16,21-22H,14H2,1-3H3. The second kappa shape index (κ2) is 7.43. The van der Waals surface area contributed by atoms with Gasteiger partial charge in [-0.2, -0.15) is 5.10 Å². The third-order valence-corrected chi connectivity index (χ3v) is 4.22. The Morgan fingerprint density at radius 1 is 1.04 bits per heavy atom. The molecule has 24 heavy (non-hydrogen) atoms. The zero-order valence-corrected chi connectivity index (χ0v) is 14.5. The van der Waals surface area contributed by atoms with Gasteiger partial charge in [-0.25, -0.2) is 0 Å². The molecule has 0 aliphatic carbocycles. The van der Waals surface area contributed by atoms with E-state index in [1.54, 1.807) is 0 Å². The molecule has 1 heterocycles. The number of hydrogen-bond donors (Lipinski definition) is 2. The molecule has 0 aliphatic rings. The fourth-order valence-corrected chi connectivity index (χ4v) is 2.81. The summed E-state index contributed by atoms with van der Waals surface area (Å²) in [7, 11) is 1.88. The summed E-state index contributed by atoms with van der Waals surface area (Å²) < 4.78 is 2.06. The number of aryl methyl sites for hydroxylation is 1. The minimum Gasteiger partial charge on any atom is -0.265 e. The topological polar surface area (TPSA) is 41.9 Å². The van der Waals surface area contributed by atoms with E-state index >= 15 is 0 Å². The summed E-state index contributed by atoms with van der Waals surface area (Å²) in [5, 5.41) is 4.77. The predicted octanol–water partition coefficient (Wildman–Crippen LogP) is 3.69. The molecule has 4 nitrogen and oxygen atoms in total. The Kier molecular flexibility index (Phi) is 5.08. The van der Waals surface area contributed by atoms with Crippen molar-refractivity contribution in [2.24, 2.45) is 0 Å². The normalized spacial score (nSPS) is 12.3. The highest BCUT2D eigenvalue weighted by molar-refractivity contribution is 5.60. The van der Waals surface area contributed by atoms with Crippen LogP contribution in [0.5, 0.6) is 0 Å². The van der Waals surface area contributed by atoms with Crippen molar-refractivity contribution in [3.05, 3.63) is 77.5 Å². The quantitative estimate of drug-likeness (QED) is 0.681. The Balaban J connectivity index is 1.79. The van der Waals surface area contributed by atoms with Crippen molar-refractivity contribution in [2.45, 2.75) is 26.4 Å². The lowest BCUT2D eigenvalue weighted by Crippen LogP contribution is -2.30. The molecule has 0 amide bonds. The largest absolute Gasteiger partial charge is 0.265 e. The zero-order chi connectivity index (χ0) is 16.9. The molecule has 124 valence electrons. The number of benzene rings is 2. The van der Waals surface area contributed by atoms with Gasteiger partial charge in [0.25, 0.3) is 0 Å². The molecule has 2 aromatic carbocycles. The molecule has 3 rings (SSSR count). The molecular weight excluding hydrogens is 296 g/mol. The molecule has 0 radical (unpaired) electrons. The summed E-state index contributed by atoms with van der Waals surface area (Å²) in [4.78, 5) is 0. The fourth-order valence-electron chi connectivity index (χ4n) is 2.81. The Morgan fingerprint density at radius 2 is 1.75 bits per heavy atom. The SMILES string of the molecule is CNNC(C)c1ccc(-c2cc(C)n(Cc3ccccc3)n2)cc1. The summed E-state index contributed by atoms with van der Waals surface area (Å²) >= 11 is 0. The van der Waals surface area contributed by atoms with Crippen molar-refractivity contribution < 1.29 is 0 Å². The van der Waals surface area contributed by atoms with Crippen LogP contribution in [0, 0.1) is 6.92 Å². The van der Waals surface area contributed by atoms with Crippen molar-refractivity contribution >= 4 is 0 Å². The molecule has 2 N–H and O–H groups in total. The first-order valence-electron chi connectivity index (χ1n) is 8.28. The fraction of sp³-hybridized carbons (Fsp3) is 0.250. The van der Waals surface area contributed by atoms with E-state index in [1.807, 2.05) is 13.1 Å². The lowest BCUT2D eigenvalue weighted by atomic mass is 10.0. The Morgan fingerprint density at radius 3 is 2.42 bits per heavy atom. The Labute approximate surface area is 143 Å². The lowest BCUT2D eigenvalue weighted by Gasteiger charge is -2.13. The molecule has 0 saturated heterocycles. The molecule has 1 atom stereocenters. The number of aromatic nitrogens is 2. The molecule has 0 aliphatic heterocycles. The van der Waals surface area contributed by atoms with Crippen LogP contribution in [0.2, 0.25) is 0 Å². The van der Waals surface area contributed by atoms with Crippen molar-refractivity contribution in [2.75, 3.05) is 7.05 Å². The van der Waals surface area contributed by atoms with E-state index in [-0.39, 0.29) is 6.04 Å². The summed E-state index contributed by atoms with van der Waals surface area (Å²) in [6.07, 6.45) is 0. The Bertz CT molecular complexity index is 775. The average molecular weight is 320 g/mol. The van der Waals surface area contributed by atoms with Gasteiger partial charge in [0.15, 0.2) is 0 Å². The number of nitrogens with one attached hydrogen (secondary N) is 2. The van der Waals surface area contributed by atoms with E-state index in [1.165, 1.54) is 16.8 Å². The molecule has 1 unspecified atom stereocenters. The van der Waals surface area contributed by atoms with Crippen LogP contribution in [0.4, 0.5) is 0 Å². The van der Waals surface area contributed by atoms with Crippen LogP contribution in [0.15, 0.2) is 60.7 Å².